The minimum absolute atomic E-state index is 0.0745. The molecule has 0 saturated carbocycles. The minimum atomic E-state index is -0.0745. The summed E-state index contributed by atoms with van der Waals surface area (Å²) in [6.45, 7) is 1.82. The molecule has 1 aliphatic carbocycles. The van der Waals surface area contributed by atoms with Crippen LogP contribution in [0.1, 0.15) is 35.9 Å². The lowest BCUT2D eigenvalue weighted by atomic mass is 9.91. The van der Waals surface area contributed by atoms with Gasteiger partial charge in [-0.05, 0) is 48.2 Å². The van der Waals surface area contributed by atoms with Gasteiger partial charge < -0.3 is 10.1 Å². The van der Waals surface area contributed by atoms with Crippen LogP contribution in [0.2, 0.25) is 0 Å². The SMILES string of the molecule is CCC(=O)Nc1nc2c(nc1/C=C/c1ccccc1)-c1ccc(OC)cc1CC2. The molecular formula is C24H23N3O2. The van der Waals surface area contributed by atoms with E-state index in [0.29, 0.717) is 17.9 Å². The Morgan fingerprint density at radius 1 is 1.10 bits per heavy atom. The van der Waals surface area contributed by atoms with Gasteiger partial charge in [0.15, 0.2) is 5.82 Å². The molecule has 29 heavy (non-hydrogen) atoms. The molecule has 0 bridgehead atoms. The van der Waals surface area contributed by atoms with Crippen molar-refractivity contribution in [2.24, 2.45) is 0 Å². The van der Waals surface area contributed by atoms with Crippen LogP contribution in [-0.2, 0) is 17.6 Å². The molecule has 3 aromatic rings. The molecule has 0 atom stereocenters. The smallest absolute Gasteiger partial charge is 0.225 e. The Hall–Kier alpha value is -3.47. The lowest BCUT2D eigenvalue weighted by Gasteiger charge is -2.20. The average Bonchev–Trinajstić information content (AvgIpc) is 2.77. The highest BCUT2D eigenvalue weighted by molar-refractivity contribution is 5.92. The minimum Gasteiger partial charge on any atom is -0.497 e. The largest absolute Gasteiger partial charge is 0.497 e. The van der Waals surface area contributed by atoms with Crippen molar-refractivity contribution < 1.29 is 9.53 Å². The highest BCUT2D eigenvalue weighted by Gasteiger charge is 2.22. The van der Waals surface area contributed by atoms with E-state index in [-0.39, 0.29) is 5.91 Å². The summed E-state index contributed by atoms with van der Waals surface area (Å²) in [5.41, 5.74) is 5.77. The van der Waals surface area contributed by atoms with Crippen LogP contribution in [0.5, 0.6) is 5.75 Å². The third-order valence-corrected chi connectivity index (χ3v) is 5.01. The van der Waals surface area contributed by atoms with Crippen LogP contribution in [0.3, 0.4) is 0 Å². The van der Waals surface area contributed by atoms with E-state index >= 15 is 0 Å². The van der Waals surface area contributed by atoms with E-state index in [1.165, 1.54) is 5.56 Å². The fraction of sp³-hybridized carbons (Fsp3) is 0.208. The topological polar surface area (TPSA) is 64.1 Å². The van der Waals surface area contributed by atoms with Crippen LogP contribution in [0.4, 0.5) is 5.82 Å². The molecule has 1 N–H and O–H groups in total. The van der Waals surface area contributed by atoms with Crippen LogP contribution in [0.25, 0.3) is 23.4 Å². The van der Waals surface area contributed by atoms with Gasteiger partial charge in [0.25, 0.3) is 0 Å². The highest BCUT2D eigenvalue weighted by atomic mass is 16.5. The first-order valence-corrected chi connectivity index (χ1v) is 9.79. The van der Waals surface area contributed by atoms with Gasteiger partial charge in [-0.15, -0.1) is 0 Å². The van der Waals surface area contributed by atoms with E-state index in [2.05, 4.69) is 11.4 Å². The first-order chi connectivity index (χ1) is 14.2. The summed E-state index contributed by atoms with van der Waals surface area (Å²) in [6.07, 6.45) is 5.93. The molecule has 0 aliphatic heterocycles. The third kappa shape index (κ3) is 4.04. The molecule has 0 radical (unpaired) electrons. The number of carbonyl (C=O) groups excluding carboxylic acids is 1. The highest BCUT2D eigenvalue weighted by Crippen LogP contribution is 2.35. The maximum absolute atomic E-state index is 12.0. The summed E-state index contributed by atoms with van der Waals surface area (Å²) in [4.78, 5) is 21.7. The van der Waals surface area contributed by atoms with Crippen molar-refractivity contribution in [2.75, 3.05) is 12.4 Å². The van der Waals surface area contributed by atoms with E-state index in [4.69, 9.17) is 14.7 Å². The molecule has 0 fully saturated rings. The zero-order chi connectivity index (χ0) is 20.2. The fourth-order valence-corrected chi connectivity index (χ4v) is 3.43. The third-order valence-electron chi connectivity index (χ3n) is 5.01. The van der Waals surface area contributed by atoms with Crippen molar-refractivity contribution >= 4 is 23.9 Å². The zero-order valence-electron chi connectivity index (χ0n) is 16.6. The Morgan fingerprint density at radius 3 is 2.69 bits per heavy atom. The van der Waals surface area contributed by atoms with Gasteiger partial charge in [-0.25, -0.2) is 9.97 Å². The number of aryl methyl sites for hydroxylation is 2. The average molecular weight is 385 g/mol. The van der Waals surface area contributed by atoms with Gasteiger partial charge in [0.05, 0.1) is 18.5 Å². The number of anilines is 1. The molecule has 5 nitrogen and oxygen atoms in total. The molecule has 1 amide bonds. The van der Waals surface area contributed by atoms with Crippen molar-refractivity contribution in [1.29, 1.82) is 0 Å². The molecule has 4 rings (SSSR count). The van der Waals surface area contributed by atoms with Crippen LogP contribution in [0, 0.1) is 0 Å². The van der Waals surface area contributed by atoms with E-state index in [1.807, 2.05) is 61.5 Å². The predicted octanol–water partition coefficient (Wildman–Crippen LogP) is 4.77. The second-order valence-corrected chi connectivity index (χ2v) is 6.92. The fourth-order valence-electron chi connectivity index (χ4n) is 3.43. The van der Waals surface area contributed by atoms with E-state index < -0.39 is 0 Å². The Kier molecular flexibility index (Phi) is 5.38. The number of aromatic nitrogens is 2. The van der Waals surface area contributed by atoms with Crippen molar-refractivity contribution in [1.82, 2.24) is 9.97 Å². The summed E-state index contributed by atoms with van der Waals surface area (Å²) < 4.78 is 5.36. The number of nitrogens with zero attached hydrogens (tertiary/aromatic N) is 2. The molecule has 1 aliphatic rings. The summed E-state index contributed by atoms with van der Waals surface area (Å²) >= 11 is 0. The number of benzene rings is 2. The number of hydrogen-bond acceptors (Lipinski definition) is 4. The lowest BCUT2D eigenvalue weighted by molar-refractivity contribution is -0.115. The second kappa shape index (κ2) is 8.27. The number of ether oxygens (including phenoxy) is 1. The molecule has 0 unspecified atom stereocenters. The van der Waals surface area contributed by atoms with Gasteiger partial charge in [-0.2, -0.15) is 0 Å². The maximum atomic E-state index is 12.0. The monoisotopic (exact) mass is 385 g/mol. The number of rotatable bonds is 5. The zero-order valence-corrected chi connectivity index (χ0v) is 16.6. The number of nitrogens with one attached hydrogen (secondary N) is 1. The van der Waals surface area contributed by atoms with Crippen LogP contribution < -0.4 is 10.1 Å². The van der Waals surface area contributed by atoms with Crippen LogP contribution >= 0.6 is 0 Å². The quantitative estimate of drug-likeness (QED) is 0.687. The molecule has 146 valence electrons. The van der Waals surface area contributed by atoms with E-state index in [9.17, 15) is 4.79 Å². The standard InChI is InChI=1S/C24H23N3O2/c1-3-22(28)27-24-21(13-9-16-7-5-4-6-8-16)25-23-19-12-11-18(29-2)15-17(19)10-14-20(23)26-24/h4-9,11-13,15H,3,10,14H2,1-2H3,(H,26,27,28)/b13-9+. The molecule has 0 saturated heterocycles. The number of hydrogen-bond donors (Lipinski definition) is 1. The van der Waals surface area contributed by atoms with Crippen LogP contribution in [-0.4, -0.2) is 23.0 Å². The summed E-state index contributed by atoms with van der Waals surface area (Å²) in [6, 6.07) is 16.0. The number of amides is 1. The Labute approximate surface area is 170 Å². The maximum Gasteiger partial charge on any atom is 0.225 e. The first kappa shape index (κ1) is 18.9. The molecular weight excluding hydrogens is 362 g/mol. The Bertz CT molecular complexity index is 1070. The van der Waals surface area contributed by atoms with Crippen molar-refractivity contribution in [3.05, 3.63) is 71.0 Å². The van der Waals surface area contributed by atoms with Gasteiger partial charge in [-0.3, -0.25) is 4.79 Å². The molecule has 2 aromatic carbocycles. The Morgan fingerprint density at radius 2 is 1.93 bits per heavy atom. The summed E-state index contributed by atoms with van der Waals surface area (Å²) in [5, 5.41) is 2.91. The van der Waals surface area contributed by atoms with Crippen LogP contribution in [0.15, 0.2) is 48.5 Å². The second-order valence-electron chi connectivity index (χ2n) is 6.92. The molecule has 1 aromatic heterocycles. The van der Waals surface area contributed by atoms with E-state index in [0.717, 1.165) is 41.1 Å². The van der Waals surface area contributed by atoms with Crippen molar-refractivity contribution in [3.8, 4) is 17.0 Å². The van der Waals surface area contributed by atoms with Gasteiger partial charge in [-0.1, -0.05) is 43.3 Å². The number of methoxy groups -OCH3 is 1. The Balaban J connectivity index is 1.79. The van der Waals surface area contributed by atoms with Gasteiger partial charge in [0, 0.05) is 12.0 Å². The molecule has 5 heteroatoms. The first-order valence-electron chi connectivity index (χ1n) is 9.79. The van der Waals surface area contributed by atoms with Gasteiger partial charge in [0.2, 0.25) is 5.91 Å². The summed E-state index contributed by atoms with van der Waals surface area (Å²) in [7, 11) is 1.67. The van der Waals surface area contributed by atoms with E-state index in [1.54, 1.807) is 7.11 Å². The van der Waals surface area contributed by atoms with Gasteiger partial charge >= 0.3 is 0 Å². The summed E-state index contributed by atoms with van der Waals surface area (Å²) in [5.74, 6) is 1.28. The normalized spacial score (nSPS) is 12.3. The molecule has 0 spiro atoms. The number of fused-ring (bicyclic) bond motifs is 3. The predicted molar refractivity (Wildman–Crippen MR) is 116 cm³/mol. The van der Waals surface area contributed by atoms with Crippen molar-refractivity contribution in [3.63, 3.8) is 0 Å². The van der Waals surface area contributed by atoms with Gasteiger partial charge in [0.1, 0.15) is 11.4 Å². The number of carbonyl (C=O) groups is 1. The molecule has 1 heterocycles. The van der Waals surface area contributed by atoms with Crippen molar-refractivity contribution in [2.45, 2.75) is 26.2 Å². The lowest BCUT2D eigenvalue weighted by Crippen LogP contribution is -2.16.